The average Bonchev–Trinajstić information content (AvgIpc) is 3.35. The van der Waals surface area contributed by atoms with Crippen LogP contribution in [0.5, 0.6) is 5.75 Å². The second-order valence-electron chi connectivity index (χ2n) is 12.6. The molecule has 2 aromatic heterocycles. The molecule has 10 nitrogen and oxygen atoms in total. The summed E-state index contributed by atoms with van der Waals surface area (Å²) in [5, 5.41) is 14.6. The van der Waals surface area contributed by atoms with Crippen LogP contribution in [0.25, 0.3) is 11.0 Å². The Morgan fingerprint density at radius 2 is 2.00 bits per heavy atom. The maximum absolute atomic E-state index is 15.7. The normalized spacial score (nSPS) is 20.0. The first-order chi connectivity index (χ1) is 20.3. The third-order valence-corrected chi connectivity index (χ3v) is 9.62. The zero-order valence-corrected chi connectivity index (χ0v) is 25.1. The summed E-state index contributed by atoms with van der Waals surface area (Å²) in [5.74, 6) is 1.27. The summed E-state index contributed by atoms with van der Waals surface area (Å²) in [5.41, 5.74) is 9.15. The zero-order chi connectivity index (χ0) is 29.4. The van der Waals surface area contributed by atoms with Gasteiger partial charge in [-0.25, -0.2) is 9.37 Å². The van der Waals surface area contributed by atoms with E-state index in [9.17, 15) is 5.11 Å². The number of nitrogens with zero attached hydrogens (tertiary/aromatic N) is 6. The van der Waals surface area contributed by atoms with E-state index in [1.54, 1.807) is 24.1 Å². The van der Waals surface area contributed by atoms with Gasteiger partial charge in [-0.3, -0.25) is 4.68 Å². The SMILES string of the molecule is CCCCN(c1nc(N)nc2cn(Cc3c(F)cc(C4CCN(C5CC6(COC6)C5)CC4)cc3OC)nc12)C(C)CO. The van der Waals surface area contributed by atoms with Crippen molar-refractivity contribution in [3.05, 3.63) is 35.3 Å². The molecule has 1 unspecified atom stereocenters. The molecule has 1 aromatic carbocycles. The highest BCUT2D eigenvalue weighted by atomic mass is 19.1. The zero-order valence-electron chi connectivity index (χ0n) is 25.1. The molecular weight excluding hydrogens is 537 g/mol. The minimum absolute atomic E-state index is 0.0275. The second kappa shape index (κ2) is 11.9. The lowest BCUT2D eigenvalue weighted by Crippen LogP contribution is -2.60. The van der Waals surface area contributed by atoms with Crippen molar-refractivity contribution in [2.75, 3.05) is 57.2 Å². The number of methoxy groups -OCH3 is 1. The van der Waals surface area contributed by atoms with E-state index in [4.69, 9.17) is 20.3 Å². The Bertz CT molecular complexity index is 1390. The van der Waals surface area contributed by atoms with Crippen LogP contribution in [-0.2, 0) is 11.3 Å². The van der Waals surface area contributed by atoms with Crippen molar-refractivity contribution in [3.8, 4) is 5.75 Å². The van der Waals surface area contributed by atoms with Gasteiger partial charge in [0.25, 0.3) is 0 Å². The van der Waals surface area contributed by atoms with Crippen molar-refractivity contribution in [3.63, 3.8) is 0 Å². The first-order valence-corrected chi connectivity index (χ1v) is 15.4. The summed E-state index contributed by atoms with van der Waals surface area (Å²) in [7, 11) is 1.59. The first kappa shape index (κ1) is 29.1. The lowest BCUT2D eigenvalue weighted by Gasteiger charge is -2.57. The quantitative estimate of drug-likeness (QED) is 0.347. The number of piperidine rings is 1. The van der Waals surface area contributed by atoms with Gasteiger partial charge in [-0.05, 0) is 75.7 Å². The van der Waals surface area contributed by atoms with Crippen molar-refractivity contribution < 1.29 is 19.0 Å². The van der Waals surface area contributed by atoms with E-state index < -0.39 is 0 Å². The number of hydrogen-bond acceptors (Lipinski definition) is 9. The van der Waals surface area contributed by atoms with Crippen molar-refractivity contribution in [1.82, 2.24) is 24.6 Å². The molecule has 1 atom stereocenters. The van der Waals surface area contributed by atoms with E-state index in [-0.39, 0.29) is 31.0 Å². The van der Waals surface area contributed by atoms with E-state index in [0.717, 1.165) is 57.6 Å². The standard InChI is InChI=1S/C31H44FN7O3/c1-4-5-8-39(20(2)17-40)29-28-26(34-30(33)35-29)16-38(36-28)15-24-25(32)11-22(12-27(24)41-3)21-6-9-37(10-7-21)23-13-31(14-23)18-42-19-31/h11-12,16,20-21,23,40H,4-10,13-15,17-19H2,1-3H3,(H2,33,34). The molecule has 42 heavy (non-hydrogen) atoms. The molecule has 3 aromatic rings. The molecule has 228 valence electrons. The van der Waals surface area contributed by atoms with Gasteiger partial charge in [-0.1, -0.05) is 13.3 Å². The molecule has 0 amide bonds. The molecule has 1 spiro atoms. The number of anilines is 2. The number of nitrogen functional groups attached to an aromatic ring is 1. The van der Waals surface area contributed by atoms with Gasteiger partial charge in [0.05, 0.1) is 51.3 Å². The fourth-order valence-corrected chi connectivity index (χ4v) is 6.99. The molecule has 2 saturated heterocycles. The van der Waals surface area contributed by atoms with E-state index in [0.29, 0.717) is 52.1 Å². The number of aliphatic hydroxyl groups is 1. The Labute approximate surface area is 247 Å². The number of nitrogens with two attached hydrogens (primary N) is 1. The Balaban J connectivity index is 1.19. The Morgan fingerprint density at radius 3 is 2.64 bits per heavy atom. The maximum atomic E-state index is 15.7. The summed E-state index contributed by atoms with van der Waals surface area (Å²) in [6, 6.07) is 4.20. The van der Waals surface area contributed by atoms with E-state index in [1.165, 1.54) is 12.8 Å². The number of fused-ring (bicyclic) bond motifs is 1. The van der Waals surface area contributed by atoms with Crippen LogP contribution in [0.3, 0.4) is 0 Å². The Kier molecular flexibility index (Phi) is 8.26. The molecule has 6 rings (SSSR count). The molecular formula is C31H44FN7O3. The fraction of sp³-hybridized carbons (Fsp3) is 0.645. The number of benzene rings is 1. The molecule has 2 aliphatic heterocycles. The topological polar surface area (TPSA) is 115 Å². The summed E-state index contributed by atoms with van der Waals surface area (Å²) in [4.78, 5) is 13.5. The predicted molar refractivity (Wildman–Crippen MR) is 160 cm³/mol. The molecule has 3 N–H and O–H groups in total. The lowest BCUT2D eigenvalue weighted by atomic mass is 9.63. The van der Waals surface area contributed by atoms with Gasteiger partial charge in [0.2, 0.25) is 5.95 Å². The highest BCUT2D eigenvalue weighted by Crippen LogP contribution is 2.50. The van der Waals surface area contributed by atoms with Crippen molar-refractivity contribution in [2.45, 2.75) is 76.9 Å². The highest BCUT2D eigenvalue weighted by Gasteiger charge is 2.51. The Morgan fingerprint density at radius 1 is 1.24 bits per heavy atom. The summed E-state index contributed by atoms with van der Waals surface area (Å²) < 4.78 is 28.6. The number of halogens is 1. The van der Waals surface area contributed by atoms with Gasteiger partial charge in [0.15, 0.2) is 11.3 Å². The molecule has 11 heteroatoms. The van der Waals surface area contributed by atoms with E-state index in [1.807, 2.05) is 17.9 Å². The monoisotopic (exact) mass is 581 g/mol. The summed E-state index contributed by atoms with van der Waals surface area (Å²) in [6.45, 7) is 8.88. The number of hydrogen-bond donors (Lipinski definition) is 2. The average molecular weight is 582 g/mol. The molecule has 3 fully saturated rings. The number of aromatic nitrogens is 4. The fourth-order valence-electron chi connectivity index (χ4n) is 6.99. The second-order valence-corrected chi connectivity index (χ2v) is 12.6. The molecule has 0 radical (unpaired) electrons. The van der Waals surface area contributed by atoms with Crippen molar-refractivity contribution in [2.24, 2.45) is 5.41 Å². The van der Waals surface area contributed by atoms with Crippen LogP contribution in [0.4, 0.5) is 16.2 Å². The maximum Gasteiger partial charge on any atom is 0.222 e. The van der Waals surface area contributed by atoms with Crippen LogP contribution in [0.15, 0.2) is 18.3 Å². The van der Waals surface area contributed by atoms with Gasteiger partial charge in [0.1, 0.15) is 17.1 Å². The van der Waals surface area contributed by atoms with Crippen LogP contribution in [-0.4, -0.2) is 88.4 Å². The van der Waals surface area contributed by atoms with Gasteiger partial charge in [0, 0.05) is 18.0 Å². The van der Waals surface area contributed by atoms with E-state index in [2.05, 4.69) is 21.8 Å². The molecule has 1 aliphatic carbocycles. The molecule has 3 aliphatic rings. The predicted octanol–water partition coefficient (Wildman–Crippen LogP) is 3.95. The summed E-state index contributed by atoms with van der Waals surface area (Å²) in [6.07, 6.45) is 8.26. The van der Waals surface area contributed by atoms with Crippen LogP contribution < -0.4 is 15.4 Å². The van der Waals surface area contributed by atoms with Gasteiger partial charge >= 0.3 is 0 Å². The lowest BCUT2D eigenvalue weighted by molar-refractivity contribution is -0.185. The third-order valence-electron chi connectivity index (χ3n) is 9.62. The number of rotatable bonds is 11. The largest absolute Gasteiger partial charge is 0.496 e. The number of aliphatic hydroxyl groups excluding tert-OH is 1. The van der Waals surface area contributed by atoms with Crippen molar-refractivity contribution >= 4 is 22.8 Å². The molecule has 0 bridgehead atoms. The van der Waals surface area contributed by atoms with Crippen LogP contribution >= 0.6 is 0 Å². The Hall–Kier alpha value is -3.02. The van der Waals surface area contributed by atoms with Crippen LogP contribution in [0, 0.1) is 11.2 Å². The van der Waals surface area contributed by atoms with Gasteiger partial charge < -0.3 is 30.1 Å². The van der Waals surface area contributed by atoms with Gasteiger partial charge in [-0.2, -0.15) is 10.1 Å². The van der Waals surface area contributed by atoms with Crippen molar-refractivity contribution in [1.29, 1.82) is 0 Å². The third kappa shape index (κ3) is 5.54. The van der Waals surface area contributed by atoms with Crippen LogP contribution in [0.1, 0.15) is 69.4 Å². The molecule has 4 heterocycles. The van der Waals surface area contributed by atoms with Crippen LogP contribution in [0.2, 0.25) is 0 Å². The summed E-state index contributed by atoms with van der Waals surface area (Å²) >= 11 is 0. The number of ether oxygens (including phenoxy) is 2. The first-order valence-electron chi connectivity index (χ1n) is 15.4. The minimum atomic E-state index is -0.290. The van der Waals surface area contributed by atoms with E-state index >= 15 is 4.39 Å². The highest BCUT2D eigenvalue weighted by molar-refractivity contribution is 5.86. The molecule has 1 saturated carbocycles. The number of likely N-dealkylation sites (tertiary alicyclic amines) is 1. The smallest absolute Gasteiger partial charge is 0.222 e. The van der Waals surface area contributed by atoms with Gasteiger partial charge in [-0.15, -0.1) is 0 Å². The minimum Gasteiger partial charge on any atom is -0.496 e. The number of unbranched alkanes of at least 4 members (excludes halogenated alkanes) is 1.